The maximum atomic E-state index is 12.3. The van der Waals surface area contributed by atoms with Gasteiger partial charge in [0.1, 0.15) is 0 Å². The molecule has 16 heavy (non-hydrogen) atoms. The van der Waals surface area contributed by atoms with E-state index in [0.717, 1.165) is 38.9 Å². The van der Waals surface area contributed by atoms with Crippen molar-refractivity contribution in [1.29, 1.82) is 0 Å². The summed E-state index contributed by atoms with van der Waals surface area (Å²) in [6.07, 6.45) is 5.76. The predicted octanol–water partition coefficient (Wildman–Crippen LogP) is 1.81. The Morgan fingerprint density at radius 2 is 2.19 bits per heavy atom. The molecule has 0 bridgehead atoms. The Kier molecular flexibility index (Phi) is 5.56. The fraction of sp³-hybridized carbons (Fsp3) is 0.917. The molecule has 0 saturated carbocycles. The number of carbonyl (C=O) groups excluding carboxylic acids is 1. The van der Waals surface area contributed by atoms with Crippen molar-refractivity contribution in [1.82, 2.24) is 10.2 Å². The summed E-state index contributed by atoms with van der Waals surface area (Å²) < 4.78 is 0. The molecule has 2 atom stereocenters. The van der Waals surface area contributed by atoms with Gasteiger partial charge >= 0.3 is 0 Å². The minimum atomic E-state index is 0. The number of hydrogen-bond donors (Lipinski definition) is 1. The second kappa shape index (κ2) is 6.45. The summed E-state index contributed by atoms with van der Waals surface area (Å²) >= 11 is 0. The fourth-order valence-corrected chi connectivity index (χ4v) is 2.85. The molecule has 0 aromatic rings. The van der Waals surface area contributed by atoms with Crippen LogP contribution in [0.3, 0.4) is 0 Å². The number of hydrogen-bond acceptors (Lipinski definition) is 2. The number of amides is 1. The van der Waals surface area contributed by atoms with Crippen molar-refractivity contribution in [2.75, 3.05) is 19.6 Å². The summed E-state index contributed by atoms with van der Waals surface area (Å²) in [4.78, 5) is 14.4. The van der Waals surface area contributed by atoms with Gasteiger partial charge in [0.05, 0.1) is 5.92 Å². The van der Waals surface area contributed by atoms with Crippen molar-refractivity contribution < 1.29 is 4.79 Å². The second-order valence-electron chi connectivity index (χ2n) is 4.78. The van der Waals surface area contributed by atoms with E-state index in [1.165, 1.54) is 12.8 Å². The first-order chi connectivity index (χ1) is 7.33. The van der Waals surface area contributed by atoms with Crippen LogP contribution in [0.5, 0.6) is 0 Å². The van der Waals surface area contributed by atoms with Gasteiger partial charge in [0, 0.05) is 19.1 Å². The zero-order valence-electron chi connectivity index (χ0n) is 10.1. The first-order valence-corrected chi connectivity index (χ1v) is 6.34. The third-order valence-electron chi connectivity index (χ3n) is 3.78. The van der Waals surface area contributed by atoms with Crippen LogP contribution in [0.1, 0.15) is 39.0 Å². The SMILES string of the molecule is CCC1CCCN1C(=O)C1CCCNC1.Cl. The van der Waals surface area contributed by atoms with Gasteiger partial charge in [0.15, 0.2) is 0 Å². The molecule has 2 rings (SSSR count). The van der Waals surface area contributed by atoms with E-state index in [1.54, 1.807) is 0 Å². The van der Waals surface area contributed by atoms with Crippen LogP contribution < -0.4 is 5.32 Å². The summed E-state index contributed by atoms with van der Waals surface area (Å²) in [7, 11) is 0. The molecule has 2 unspecified atom stereocenters. The molecular weight excluding hydrogens is 224 g/mol. The molecule has 0 radical (unpaired) electrons. The first kappa shape index (κ1) is 13.8. The van der Waals surface area contributed by atoms with E-state index in [9.17, 15) is 4.79 Å². The lowest BCUT2D eigenvalue weighted by Crippen LogP contribution is -2.44. The van der Waals surface area contributed by atoms with Gasteiger partial charge in [-0.3, -0.25) is 4.79 Å². The number of piperidine rings is 1. The van der Waals surface area contributed by atoms with Crippen LogP contribution in [0.15, 0.2) is 0 Å². The van der Waals surface area contributed by atoms with Crippen molar-refractivity contribution in [2.45, 2.75) is 45.1 Å². The Balaban J connectivity index is 0.00000128. The van der Waals surface area contributed by atoms with Crippen molar-refractivity contribution in [3.05, 3.63) is 0 Å². The highest BCUT2D eigenvalue weighted by Gasteiger charge is 2.32. The molecule has 0 aliphatic carbocycles. The molecule has 2 heterocycles. The number of likely N-dealkylation sites (tertiary alicyclic amines) is 1. The Morgan fingerprint density at radius 1 is 1.38 bits per heavy atom. The van der Waals surface area contributed by atoms with E-state index >= 15 is 0 Å². The molecule has 0 spiro atoms. The summed E-state index contributed by atoms with van der Waals surface area (Å²) in [5.41, 5.74) is 0. The highest BCUT2D eigenvalue weighted by Crippen LogP contribution is 2.24. The van der Waals surface area contributed by atoms with Crippen LogP contribution in [-0.2, 0) is 4.79 Å². The molecule has 0 aromatic carbocycles. The maximum absolute atomic E-state index is 12.3. The summed E-state index contributed by atoms with van der Waals surface area (Å²) in [6, 6.07) is 0.527. The topological polar surface area (TPSA) is 32.3 Å². The Hall–Kier alpha value is -0.280. The van der Waals surface area contributed by atoms with E-state index in [2.05, 4.69) is 17.1 Å². The van der Waals surface area contributed by atoms with Crippen LogP contribution >= 0.6 is 12.4 Å². The highest BCUT2D eigenvalue weighted by molar-refractivity contribution is 5.85. The second-order valence-corrected chi connectivity index (χ2v) is 4.78. The third-order valence-corrected chi connectivity index (χ3v) is 3.78. The van der Waals surface area contributed by atoms with E-state index in [0.29, 0.717) is 11.9 Å². The molecule has 2 aliphatic rings. The summed E-state index contributed by atoms with van der Waals surface area (Å²) in [6.45, 7) is 5.16. The molecule has 2 fully saturated rings. The Labute approximate surface area is 104 Å². The molecule has 2 aliphatic heterocycles. The molecular formula is C12H23ClN2O. The maximum Gasteiger partial charge on any atom is 0.227 e. The zero-order valence-corrected chi connectivity index (χ0v) is 10.9. The van der Waals surface area contributed by atoms with E-state index in [4.69, 9.17) is 0 Å². The van der Waals surface area contributed by atoms with Gasteiger partial charge in [-0.25, -0.2) is 0 Å². The summed E-state index contributed by atoms with van der Waals surface area (Å²) in [5.74, 6) is 0.664. The minimum Gasteiger partial charge on any atom is -0.339 e. The van der Waals surface area contributed by atoms with Crippen molar-refractivity contribution in [3.8, 4) is 0 Å². The number of nitrogens with one attached hydrogen (secondary N) is 1. The van der Waals surface area contributed by atoms with Crippen molar-refractivity contribution in [2.24, 2.45) is 5.92 Å². The molecule has 4 heteroatoms. The average molecular weight is 247 g/mol. The Morgan fingerprint density at radius 3 is 2.81 bits per heavy atom. The molecule has 0 aromatic heterocycles. The largest absolute Gasteiger partial charge is 0.339 e. The van der Waals surface area contributed by atoms with Crippen LogP contribution in [0.25, 0.3) is 0 Å². The number of rotatable bonds is 2. The fourth-order valence-electron chi connectivity index (χ4n) is 2.85. The van der Waals surface area contributed by atoms with E-state index in [-0.39, 0.29) is 18.3 Å². The van der Waals surface area contributed by atoms with Crippen molar-refractivity contribution >= 4 is 18.3 Å². The Bertz CT molecular complexity index is 229. The third kappa shape index (κ3) is 2.89. The lowest BCUT2D eigenvalue weighted by atomic mass is 9.97. The number of carbonyl (C=O) groups is 1. The lowest BCUT2D eigenvalue weighted by molar-refractivity contribution is -0.136. The monoisotopic (exact) mass is 246 g/mol. The van der Waals surface area contributed by atoms with Gasteiger partial charge in [-0.1, -0.05) is 6.92 Å². The molecule has 1 N–H and O–H groups in total. The smallest absolute Gasteiger partial charge is 0.227 e. The van der Waals surface area contributed by atoms with Gasteiger partial charge in [-0.15, -0.1) is 12.4 Å². The molecule has 2 saturated heterocycles. The van der Waals surface area contributed by atoms with Crippen LogP contribution in [-0.4, -0.2) is 36.5 Å². The van der Waals surface area contributed by atoms with Crippen LogP contribution in [0.2, 0.25) is 0 Å². The first-order valence-electron chi connectivity index (χ1n) is 6.34. The van der Waals surface area contributed by atoms with Crippen LogP contribution in [0, 0.1) is 5.92 Å². The van der Waals surface area contributed by atoms with Gasteiger partial charge in [0.25, 0.3) is 0 Å². The molecule has 94 valence electrons. The predicted molar refractivity (Wildman–Crippen MR) is 67.9 cm³/mol. The zero-order chi connectivity index (χ0) is 10.7. The van der Waals surface area contributed by atoms with Gasteiger partial charge in [0.2, 0.25) is 5.91 Å². The highest BCUT2D eigenvalue weighted by atomic mass is 35.5. The number of nitrogens with zero attached hydrogens (tertiary/aromatic N) is 1. The van der Waals surface area contributed by atoms with Crippen molar-refractivity contribution in [3.63, 3.8) is 0 Å². The van der Waals surface area contributed by atoms with Crippen LogP contribution in [0.4, 0.5) is 0 Å². The van der Waals surface area contributed by atoms with Gasteiger partial charge < -0.3 is 10.2 Å². The van der Waals surface area contributed by atoms with Gasteiger partial charge in [-0.2, -0.15) is 0 Å². The minimum absolute atomic E-state index is 0. The standard InChI is InChI=1S/C12H22N2O.ClH/c1-2-11-6-4-8-14(11)12(15)10-5-3-7-13-9-10;/h10-11,13H,2-9H2,1H3;1H. The molecule has 3 nitrogen and oxygen atoms in total. The lowest BCUT2D eigenvalue weighted by Gasteiger charge is -2.30. The quantitative estimate of drug-likeness (QED) is 0.806. The van der Waals surface area contributed by atoms with E-state index in [1.807, 2.05) is 0 Å². The summed E-state index contributed by atoms with van der Waals surface area (Å²) in [5, 5.41) is 3.32. The van der Waals surface area contributed by atoms with Gasteiger partial charge in [-0.05, 0) is 38.6 Å². The van der Waals surface area contributed by atoms with E-state index < -0.39 is 0 Å². The molecule has 1 amide bonds. The normalized spacial score (nSPS) is 29.9. The number of halogens is 1. The average Bonchev–Trinajstić information content (AvgIpc) is 2.77.